The molecular formula is C45H30O. The molecule has 1 aromatic heterocycles. The van der Waals surface area contributed by atoms with E-state index in [9.17, 15) is 9.60 Å². The molecule has 0 aliphatic rings. The molecule has 0 N–H and O–H groups in total. The fourth-order valence-electron chi connectivity index (χ4n) is 5.61. The number of benzene rings is 8. The topological polar surface area (TPSA) is 13.1 Å². The first-order valence-electron chi connectivity index (χ1n) is 26.7. The van der Waals surface area contributed by atoms with Crippen molar-refractivity contribution in [1.82, 2.24) is 0 Å². The van der Waals surface area contributed by atoms with Crippen LogP contribution >= 0.6 is 0 Å². The summed E-state index contributed by atoms with van der Waals surface area (Å²) < 4.78 is 239. The summed E-state index contributed by atoms with van der Waals surface area (Å²) in [5.74, 6) is 0. The lowest BCUT2D eigenvalue weighted by molar-refractivity contribution is 0.669. The zero-order chi connectivity index (χ0) is 53.2. The average Bonchev–Trinajstić information content (AvgIpc) is 3.76. The quantitative estimate of drug-likeness (QED) is 0.180. The van der Waals surface area contributed by atoms with Gasteiger partial charge in [0.2, 0.25) is 0 Å². The zero-order valence-corrected chi connectivity index (χ0v) is 23.5. The Morgan fingerprint density at radius 3 is 1.80 bits per heavy atom. The summed E-state index contributed by atoms with van der Waals surface area (Å²) in [7, 11) is 0. The van der Waals surface area contributed by atoms with Gasteiger partial charge < -0.3 is 4.42 Å². The van der Waals surface area contributed by atoms with E-state index in [1.54, 1.807) is 0 Å². The highest BCUT2D eigenvalue weighted by molar-refractivity contribution is 6.26. The number of hydrogen-bond acceptors (Lipinski definition) is 1. The highest BCUT2D eigenvalue weighted by atomic mass is 16.3. The summed E-state index contributed by atoms with van der Waals surface area (Å²) in [6, 6.07) is -21.2. The number of furan rings is 1. The summed E-state index contributed by atoms with van der Waals surface area (Å²) in [5.41, 5.74) is -6.26. The summed E-state index contributed by atoms with van der Waals surface area (Å²) in [4.78, 5) is 0. The highest BCUT2D eigenvalue weighted by Crippen LogP contribution is 2.48. The summed E-state index contributed by atoms with van der Waals surface area (Å²) in [6.45, 7) is 1.26. The minimum Gasteiger partial charge on any atom is -0.456 e. The van der Waals surface area contributed by atoms with E-state index in [0.29, 0.717) is 0 Å². The van der Waals surface area contributed by atoms with Gasteiger partial charge in [0.05, 0.1) is 35.6 Å². The minimum absolute atomic E-state index is 0.252. The fraction of sp³-hybridized carbons (Fsp3) is 0.0222. The van der Waals surface area contributed by atoms with Crippen LogP contribution in [0.4, 0.5) is 0 Å². The van der Waals surface area contributed by atoms with Gasteiger partial charge in [-0.25, -0.2) is 0 Å². The van der Waals surface area contributed by atoms with E-state index in [1.165, 1.54) is 6.92 Å². The van der Waals surface area contributed by atoms with Crippen LogP contribution in [-0.2, 0) is 0 Å². The smallest absolute Gasteiger partial charge is 0.136 e. The van der Waals surface area contributed by atoms with Crippen molar-refractivity contribution in [3.63, 3.8) is 0 Å². The van der Waals surface area contributed by atoms with Crippen molar-refractivity contribution in [2.75, 3.05) is 0 Å². The van der Waals surface area contributed by atoms with E-state index in [2.05, 4.69) is 0 Å². The maximum absolute atomic E-state index is 9.68. The lowest BCUT2D eigenvalue weighted by atomic mass is 9.83. The molecule has 0 radical (unpaired) electrons. The van der Waals surface area contributed by atoms with Crippen LogP contribution in [-0.4, -0.2) is 0 Å². The molecular weight excluding hydrogens is 556 g/mol. The van der Waals surface area contributed by atoms with Gasteiger partial charge in [0, 0.05) is 10.8 Å². The first-order valence-corrected chi connectivity index (χ1v) is 13.7. The molecule has 0 aliphatic heterocycles. The summed E-state index contributed by atoms with van der Waals surface area (Å²) in [6.07, 6.45) is 0. The van der Waals surface area contributed by atoms with Gasteiger partial charge in [-0.05, 0) is 103 Å². The van der Waals surface area contributed by atoms with Crippen LogP contribution in [0.1, 0.15) is 41.2 Å². The Morgan fingerprint density at radius 1 is 0.413 bits per heavy atom. The predicted octanol–water partition coefficient (Wildman–Crippen LogP) is 12.9. The van der Waals surface area contributed by atoms with Crippen LogP contribution in [0.3, 0.4) is 0 Å². The monoisotopic (exact) mass is 612 g/mol. The van der Waals surface area contributed by atoms with Crippen molar-refractivity contribution in [3.8, 4) is 44.5 Å². The van der Waals surface area contributed by atoms with Crippen LogP contribution < -0.4 is 0 Å². The van der Waals surface area contributed by atoms with Crippen molar-refractivity contribution in [2.45, 2.75) is 6.92 Å². The van der Waals surface area contributed by atoms with Crippen molar-refractivity contribution >= 4 is 43.5 Å². The van der Waals surface area contributed by atoms with Crippen LogP contribution in [0.5, 0.6) is 0 Å². The normalized spacial score (nSPS) is 19.5. The van der Waals surface area contributed by atoms with Gasteiger partial charge in [0.15, 0.2) is 0 Å². The fourth-order valence-corrected chi connectivity index (χ4v) is 5.61. The molecule has 0 amide bonds. The molecule has 8 aromatic carbocycles. The summed E-state index contributed by atoms with van der Waals surface area (Å²) in [5, 5.41) is -3.15. The Morgan fingerprint density at radius 2 is 1.02 bits per heavy atom. The second-order valence-electron chi connectivity index (χ2n) is 10.1. The maximum atomic E-state index is 9.68. The lowest BCUT2D eigenvalue weighted by Gasteiger charge is -2.20. The van der Waals surface area contributed by atoms with E-state index in [-0.39, 0.29) is 5.56 Å². The molecule has 0 aliphatic carbocycles. The minimum atomic E-state index is -1.01. The van der Waals surface area contributed by atoms with Gasteiger partial charge in [-0.2, -0.15) is 0 Å². The van der Waals surface area contributed by atoms with E-state index in [4.69, 9.17) is 30.5 Å². The average molecular weight is 613 g/mol. The van der Waals surface area contributed by atoms with Crippen molar-refractivity contribution < 1.29 is 40.1 Å². The van der Waals surface area contributed by atoms with Crippen molar-refractivity contribution in [1.29, 1.82) is 0 Å². The molecule has 0 fully saturated rings. The molecule has 1 heterocycles. The van der Waals surface area contributed by atoms with Crippen LogP contribution in [0.15, 0.2) is 168 Å². The highest BCUT2D eigenvalue weighted by Gasteiger charge is 2.21. The van der Waals surface area contributed by atoms with E-state index in [0.717, 1.165) is 6.07 Å². The van der Waals surface area contributed by atoms with Crippen molar-refractivity contribution in [3.05, 3.63) is 169 Å². The van der Waals surface area contributed by atoms with Crippen molar-refractivity contribution in [2.24, 2.45) is 0 Å². The van der Waals surface area contributed by atoms with Crippen LogP contribution in [0.2, 0.25) is 0 Å². The Balaban J connectivity index is 1.62. The Bertz CT molecular complexity index is 3920. The number of aryl methyl sites for hydroxylation is 1. The SMILES string of the molecule is [2H]c1c([2H])c([2H])c(-c2cc([2H])c3oc4c([2H])c([2H])c([2H])c(-c5c6c([2H])c([2H])c([2H])c([2H])c6c(-c6c([2H])c([2H])c([2H])c(-c7c([2H])c([2H])c([2H])c([2H])c7[2H])c6[2H])c6c([2H])c([2H])c([2H])c(C)c56)c4c3c2[2H])c([2H])c1[2H]. The number of fused-ring (bicyclic) bond motifs is 5. The third-order valence-corrected chi connectivity index (χ3v) is 7.52. The Kier molecular flexibility index (Phi) is 2.57. The number of rotatable bonds is 4. The van der Waals surface area contributed by atoms with Gasteiger partial charge >= 0.3 is 0 Å². The van der Waals surface area contributed by atoms with Gasteiger partial charge in [-0.15, -0.1) is 0 Å². The maximum Gasteiger partial charge on any atom is 0.136 e. The van der Waals surface area contributed by atoms with Gasteiger partial charge in [0.1, 0.15) is 11.2 Å². The van der Waals surface area contributed by atoms with Gasteiger partial charge in [-0.3, -0.25) is 0 Å². The molecule has 1 nitrogen and oxygen atoms in total. The molecule has 0 bridgehead atoms. The predicted molar refractivity (Wildman–Crippen MR) is 195 cm³/mol. The first-order chi connectivity index (χ1) is 33.6. The molecule has 9 rings (SSSR count). The van der Waals surface area contributed by atoms with E-state index in [1.807, 2.05) is 0 Å². The van der Waals surface area contributed by atoms with Crippen LogP contribution in [0, 0.1) is 6.92 Å². The second-order valence-corrected chi connectivity index (χ2v) is 10.1. The second kappa shape index (κ2) is 10.6. The Labute approximate surface area is 304 Å². The van der Waals surface area contributed by atoms with E-state index < -0.39 is 245 Å². The number of hydrogen-bond donors (Lipinski definition) is 0. The van der Waals surface area contributed by atoms with Gasteiger partial charge in [-0.1, -0.05) is 139 Å². The molecule has 0 saturated carbocycles. The lowest BCUT2D eigenvalue weighted by Crippen LogP contribution is -1.93. The van der Waals surface area contributed by atoms with E-state index >= 15 is 0 Å². The molecule has 1 heteroatoms. The van der Waals surface area contributed by atoms with Gasteiger partial charge in [0.25, 0.3) is 0 Å². The molecule has 0 spiro atoms. The molecule has 46 heavy (non-hydrogen) atoms. The standard InChI is InChI=1S/C45H30O/c1-29-13-10-22-37-42(29)45(36-21-9-8-20-35(36)43(37)34-19-11-18-32(27-34)30-14-4-2-5-15-30)38-23-12-24-41-44(38)39-28-33(25-26-40(39)46-41)31-16-6-3-7-17-31/h2-28H,1H3/i2D,3D,4D,5D,6D,7D,8D,9D,10D,11D,12D,13D,14D,15D,16D,17D,18D,19D,20D,21D,22D,23D,24D,26D,27D,28D. The molecule has 0 saturated heterocycles. The largest absolute Gasteiger partial charge is 0.456 e. The molecule has 0 unspecified atom stereocenters. The first kappa shape index (κ1) is 11.2. The zero-order valence-electron chi connectivity index (χ0n) is 49.5. The summed E-state index contributed by atoms with van der Waals surface area (Å²) >= 11 is 0. The molecule has 216 valence electrons. The Hall–Kier alpha value is -5.92. The molecule has 0 atom stereocenters. The van der Waals surface area contributed by atoms with Crippen LogP contribution in [0.25, 0.3) is 88.0 Å². The molecule has 9 aromatic rings. The third kappa shape index (κ3) is 4.17. The third-order valence-electron chi connectivity index (χ3n) is 7.52.